The number of hydrogen-bond acceptors (Lipinski definition) is 6. The number of halogens is 1. The molecule has 0 spiro atoms. The molecule has 2 aromatic carbocycles. The highest BCUT2D eigenvalue weighted by Crippen LogP contribution is 2.29. The predicted octanol–water partition coefficient (Wildman–Crippen LogP) is 2.48. The third-order valence-electron chi connectivity index (χ3n) is 4.58. The smallest absolute Gasteiger partial charge is 0.119 e. The summed E-state index contributed by atoms with van der Waals surface area (Å²) in [6.45, 7) is 3.05. The lowest BCUT2D eigenvalue weighted by Crippen LogP contribution is -2.38. The standard InChI is InChI=1S/C22H29ClO6/c1-3-28-18-7-4-15(5-8-18)10-17-11-16(6-9-19(17)23)22(14(2)26)29-21(13-25)20(27)12-24/h4-9,11,14,20-22,24-27H,3,10,12-13H2,1-2H3/t14-,20+,21-,22-/m1/s1. The molecule has 0 aromatic heterocycles. The maximum absolute atomic E-state index is 10.2. The monoisotopic (exact) mass is 424 g/mol. The number of aliphatic hydroxyl groups is 4. The van der Waals surface area contributed by atoms with Gasteiger partial charge in [0.05, 0.1) is 25.9 Å². The van der Waals surface area contributed by atoms with E-state index < -0.39 is 37.6 Å². The maximum atomic E-state index is 10.2. The van der Waals surface area contributed by atoms with Crippen molar-refractivity contribution in [1.29, 1.82) is 0 Å². The van der Waals surface area contributed by atoms with Crippen LogP contribution in [0.3, 0.4) is 0 Å². The molecule has 6 nitrogen and oxygen atoms in total. The lowest BCUT2D eigenvalue weighted by atomic mass is 9.98. The van der Waals surface area contributed by atoms with Crippen molar-refractivity contribution in [1.82, 2.24) is 0 Å². The van der Waals surface area contributed by atoms with Gasteiger partial charge in [0.25, 0.3) is 0 Å². The zero-order valence-corrected chi connectivity index (χ0v) is 17.4. The molecule has 0 saturated carbocycles. The van der Waals surface area contributed by atoms with Gasteiger partial charge in [-0.15, -0.1) is 0 Å². The fourth-order valence-corrected chi connectivity index (χ4v) is 3.21. The Morgan fingerprint density at radius 1 is 1.00 bits per heavy atom. The highest BCUT2D eigenvalue weighted by atomic mass is 35.5. The van der Waals surface area contributed by atoms with E-state index in [1.807, 2.05) is 37.3 Å². The molecule has 0 unspecified atom stereocenters. The van der Waals surface area contributed by atoms with Crippen LogP contribution in [0.15, 0.2) is 42.5 Å². The third kappa shape index (κ3) is 6.67. The molecule has 7 heteroatoms. The quantitative estimate of drug-likeness (QED) is 0.442. The lowest BCUT2D eigenvalue weighted by Gasteiger charge is -2.28. The minimum atomic E-state index is -1.25. The van der Waals surface area contributed by atoms with Crippen molar-refractivity contribution in [3.63, 3.8) is 0 Å². The third-order valence-corrected chi connectivity index (χ3v) is 4.95. The summed E-state index contributed by atoms with van der Waals surface area (Å²) < 4.78 is 11.2. The molecular formula is C22H29ClO6. The normalized spacial score (nSPS) is 15.6. The minimum absolute atomic E-state index is 0.489. The van der Waals surface area contributed by atoms with Crippen molar-refractivity contribution < 1.29 is 29.9 Å². The Morgan fingerprint density at radius 2 is 1.69 bits per heavy atom. The Kier molecular flexibility index (Phi) is 9.36. The van der Waals surface area contributed by atoms with Crippen LogP contribution in [0.5, 0.6) is 5.75 Å². The van der Waals surface area contributed by atoms with Crippen molar-refractivity contribution in [2.45, 2.75) is 44.7 Å². The number of aliphatic hydroxyl groups excluding tert-OH is 4. The van der Waals surface area contributed by atoms with Crippen LogP contribution in [0.4, 0.5) is 0 Å². The molecule has 2 aromatic rings. The second-order valence-electron chi connectivity index (χ2n) is 6.87. The Hall–Kier alpha value is -1.67. The molecule has 4 atom stereocenters. The van der Waals surface area contributed by atoms with Crippen molar-refractivity contribution >= 4 is 11.6 Å². The van der Waals surface area contributed by atoms with Gasteiger partial charge in [-0.25, -0.2) is 0 Å². The zero-order valence-electron chi connectivity index (χ0n) is 16.7. The average Bonchev–Trinajstić information content (AvgIpc) is 2.71. The van der Waals surface area contributed by atoms with Gasteiger partial charge in [-0.05, 0) is 55.2 Å². The van der Waals surface area contributed by atoms with Crippen LogP contribution in [-0.4, -0.2) is 58.6 Å². The summed E-state index contributed by atoms with van der Waals surface area (Å²) in [6.07, 6.45) is -3.41. The number of hydrogen-bond donors (Lipinski definition) is 4. The molecule has 0 saturated heterocycles. The first-order valence-electron chi connectivity index (χ1n) is 9.62. The molecule has 0 amide bonds. The first-order chi connectivity index (χ1) is 13.9. The Balaban J connectivity index is 2.24. The van der Waals surface area contributed by atoms with Gasteiger partial charge in [0.15, 0.2) is 0 Å². The largest absolute Gasteiger partial charge is 0.494 e. The fraction of sp³-hybridized carbons (Fsp3) is 0.455. The summed E-state index contributed by atoms with van der Waals surface area (Å²) in [5, 5.41) is 39.2. The van der Waals surface area contributed by atoms with E-state index in [2.05, 4.69) is 0 Å². The van der Waals surface area contributed by atoms with Gasteiger partial charge in [-0.1, -0.05) is 35.9 Å². The molecule has 0 bridgehead atoms. The predicted molar refractivity (Wildman–Crippen MR) is 111 cm³/mol. The van der Waals surface area contributed by atoms with E-state index in [0.717, 1.165) is 16.9 Å². The molecule has 0 fully saturated rings. The first-order valence-corrected chi connectivity index (χ1v) is 10.0. The van der Waals surface area contributed by atoms with Gasteiger partial charge in [0, 0.05) is 5.02 Å². The second-order valence-corrected chi connectivity index (χ2v) is 7.28. The molecule has 29 heavy (non-hydrogen) atoms. The summed E-state index contributed by atoms with van der Waals surface area (Å²) in [7, 11) is 0. The van der Waals surface area contributed by atoms with Crippen molar-refractivity contribution in [2.24, 2.45) is 0 Å². The van der Waals surface area contributed by atoms with Gasteiger partial charge in [0.1, 0.15) is 24.1 Å². The van der Waals surface area contributed by atoms with E-state index >= 15 is 0 Å². The van der Waals surface area contributed by atoms with Gasteiger partial charge in [-0.2, -0.15) is 0 Å². The number of ether oxygens (including phenoxy) is 2. The van der Waals surface area contributed by atoms with Crippen molar-refractivity contribution in [3.05, 3.63) is 64.2 Å². The van der Waals surface area contributed by atoms with E-state index in [1.54, 1.807) is 19.1 Å². The van der Waals surface area contributed by atoms with Gasteiger partial charge in [0.2, 0.25) is 0 Å². The Labute approximate surface area is 176 Å². The molecule has 0 aliphatic carbocycles. The maximum Gasteiger partial charge on any atom is 0.119 e. The lowest BCUT2D eigenvalue weighted by molar-refractivity contribution is -0.138. The highest BCUT2D eigenvalue weighted by molar-refractivity contribution is 6.31. The van der Waals surface area contributed by atoms with Crippen molar-refractivity contribution in [3.8, 4) is 5.75 Å². The van der Waals surface area contributed by atoms with Crippen LogP contribution in [-0.2, 0) is 11.2 Å². The van der Waals surface area contributed by atoms with Gasteiger partial charge < -0.3 is 29.9 Å². The molecule has 4 N–H and O–H groups in total. The molecule has 2 rings (SSSR count). The minimum Gasteiger partial charge on any atom is -0.494 e. The topological polar surface area (TPSA) is 99.4 Å². The fourth-order valence-electron chi connectivity index (χ4n) is 3.03. The summed E-state index contributed by atoms with van der Waals surface area (Å²) in [5.74, 6) is 0.802. The molecular weight excluding hydrogens is 396 g/mol. The number of benzene rings is 2. The average molecular weight is 425 g/mol. The van der Waals surface area contributed by atoms with Crippen LogP contribution in [0, 0.1) is 0 Å². The highest BCUT2D eigenvalue weighted by Gasteiger charge is 2.27. The molecule has 0 radical (unpaired) electrons. The number of rotatable bonds is 11. The first kappa shape index (κ1) is 23.6. The van der Waals surface area contributed by atoms with E-state index in [9.17, 15) is 15.3 Å². The summed E-state index contributed by atoms with van der Waals surface area (Å²) >= 11 is 6.38. The SMILES string of the molecule is CCOc1ccc(Cc2cc([C@H](O[C@H](CO)[C@@H](O)CO)[C@@H](C)O)ccc2Cl)cc1. The van der Waals surface area contributed by atoms with E-state index in [0.29, 0.717) is 23.6 Å². The molecule has 0 aliphatic heterocycles. The van der Waals surface area contributed by atoms with Crippen molar-refractivity contribution in [2.75, 3.05) is 19.8 Å². The molecule has 160 valence electrons. The second kappa shape index (κ2) is 11.5. The summed E-state index contributed by atoms with van der Waals surface area (Å²) in [4.78, 5) is 0. The Bertz CT molecular complexity index is 749. The summed E-state index contributed by atoms with van der Waals surface area (Å²) in [5.41, 5.74) is 2.56. The summed E-state index contributed by atoms with van der Waals surface area (Å²) in [6, 6.07) is 13.1. The van der Waals surface area contributed by atoms with E-state index in [1.165, 1.54) is 0 Å². The molecule has 0 aliphatic rings. The van der Waals surface area contributed by atoms with Crippen LogP contribution < -0.4 is 4.74 Å². The van der Waals surface area contributed by atoms with E-state index in [4.69, 9.17) is 26.2 Å². The van der Waals surface area contributed by atoms with Crippen LogP contribution in [0.2, 0.25) is 5.02 Å². The van der Waals surface area contributed by atoms with Gasteiger partial charge in [-0.3, -0.25) is 0 Å². The Morgan fingerprint density at radius 3 is 2.24 bits per heavy atom. The molecule has 0 heterocycles. The van der Waals surface area contributed by atoms with E-state index in [-0.39, 0.29) is 0 Å². The van der Waals surface area contributed by atoms with Crippen LogP contribution in [0.25, 0.3) is 0 Å². The van der Waals surface area contributed by atoms with Crippen LogP contribution in [0.1, 0.15) is 36.6 Å². The van der Waals surface area contributed by atoms with Crippen LogP contribution >= 0.6 is 11.6 Å². The van der Waals surface area contributed by atoms with Gasteiger partial charge >= 0.3 is 0 Å². The zero-order chi connectivity index (χ0) is 21.4.